The molecule has 0 aliphatic rings. The Balaban J connectivity index is 0.00000320. The van der Waals surface area contributed by atoms with Gasteiger partial charge in [0.2, 0.25) is 5.62 Å². The minimum atomic E-state index is -0.702. The lowest BCUT2D eigenvalue weighted by Crippen LogP contribution is -2.34. The van der Waals surface area contributed by atoms with Gasteiger partial charge in [0.15, 0.2) is 0 Å². The average Bonchev–Trinajstić information content (AvgIpc) is 2.99. The third-order valence-electron chi connectivity index (χ3n) is 5.33. The molecule has 0 bridgehead atoms. The first kappa shape index (κ1) is 24.0. The number of aromatic nitrogens is 2. The van der Waals surface area contributed by atoms with Crippen LogP contribution in [0, 0.1) is 12.3 Å². The number of hydrogen-bond acceptors (Lipinski definition) is 4. The third-order valence-corrected chi connectivity index (χ3v) is 5.33. The van der Waals surface area contributed by atoms with Crippen molar-refractivity contribution >= 4 is 23.4 Å². The van der Waals surface area contributed by atoms with Gasteiger partial charge in [-0.15, -0.1) is 12.4 Å². The summed E-state index contributed by atoms with van der Waals surface area (Å²) in [5.41, 5.74) is 3.52. The summed E-state index contributed by atoms with van der Waals surface area (Å²) in [4.78, 5) is 2.35. The number of nitrogens with one attached hydrogen (secondary N) is 1. The molecule has 0 fully saturated rings. The zero-order valence-electron chi connectivity index (χ0n) is 18.0. The first-order chi connectivity index (χ1) is 14.0. The predicted molar refractivity (Wildman–Crippen MR) is 123 cm³/mol. The monoisotopic (exact) mass is 432 g/mol. The van der Waals surface area contributed by atoms with Gasteiger partial charge in [-0.05, 0) is 49.8 Å². The summed E-state index contributed by atoms with van der Waals surface area (Å²) in [6, 6.07) is 15.8. The molecule has 2 N–H and O–H groups in total. The molecule has 0 saturated heterocycles. The Morgan fingerprint density at radius 1 is 1.03 bits per heavy atom. The van der Waals surface area contributed by atoms with Gasteiger partial charge in [-0.25, -0.2) is 0 Å². The van der Waals surface area contributed by atoms with E-state index in [-0.39, 0.29) is 19.0 Å². The Hall–Kier alpha value is -2.28. The molecule has 0 radical (unpaired) electrons. The predicted octanol–water partition coefficient (Wildman–Crippen LogP) is 3.43. The van der Waals surface area contributed by atoms with Crippen LogP contribution in [0.15, 0.2) is 48.5 Å². The second-order valence-electron chi connectivity index (χ2n) is 7.38. The number of fused-ring (bicyclic) bond motifs is 1. The molecule has 0 spiro atoms. The van der Waals surface area contributed by atoms with Crippen molar-refractivity contribution in [1.29, 1.82) is 5.41 Å². The minimum Gasteiger partial charge on any atom is -0.491 e. The number of halogens is 1. The molecule has 1 heterocycles. The lowest BCUT2D eigenvalue weighted by atomic mass is 10.2. The number of rotatable bonds is 10. The second kappa shape index (κ2) is 11.2. The van der Waals surface area contributed by atoms with Gasteiger partial charge in [0, 0.05) is 13.1 Å². The number of aliphatic hydroxyl groups is 1. The minimum absolute atomic E-state index is 0. The standard InChI is InChI=1S/C23H32N4O2.ClH/c1-4-25(5-2)13-14-26-21-11-6-7-12-22(21)27(23(26)24)16-19(28)17-29-20-10-8-9-18(3)15-20;/h6-12,15,19,24,28H,4-5,13-14,16-17H2,1-3H3;1H. The van der Waals surface area contributed by atoms with Gasteiger partial charge in [0.25, 0.3) is 0 Å². The van der Waals surface area contributed by atoms with E-state index in [9.17, 15) is 5.11 Å². The fourth-order valence-electron chi connectivity index (χ4n) is 3.65. The Morgan fingerprint density at radius 2 is 1.70 bits per heavy atom. The molecule has 7 heteroatoms. The number of imidazole rings is 1. The maximum atomic E-state index is 10.6. The first-order valence-corrected chi connectivity index (χ1v) is 10.4. The topological polar surface area (TPSA) is 66.4 Å². The van der Waals surface area contributed by atoms with Crippen LogP contribution in [0.2, 0.25) is 0 Å². The van der Waals surface area contributed by atoms with Crippen LogP contribution in [0.1, 0.15) is 19.4 Å². The molecular weight excluding hydrogens is 400 g/mol. The zero-order chi connectivity index (χ0) is 20.8. The summed E-state index contributed by atoms with van der Waals surface area (Å²) in [6.45, 7) is 10.5. The highest BCUT2D eigenvalue weighted by Crippen LogP contribution is 2.15. The number of benzene rings is 2. The van der Waals surface area contributed by atoms with Gasteiger partial charge in [-0.1, -0.05) is 38.1 Å². The Bertz CT molecular complexity index is 994. The highest BCUT2D eigenvalue weighted by Gasteiger charge is 2.15. The van der Waals surface area contributed by atoms with E-state index in [1.807, 2.05) is 64.6 Å². The molecular formula is C23H33ClN4O2. The van der Waals surface area contributed by atoms with Crippen LogP contribution < -0.4 is 10.4 Å². The second-order valence-corrected chi connectivity index (χ2v) is 7.38. The van der Waals surface area contributed by atoms with Crippen molar-refractivity contribution in [2.24, 2.45) is 0 Å². The maximum absolute atomic E-state index is 10.6. The van der Waals surface area contributed by atoms with E-state index in [4.69, 9.17) is 10.1 Å². The van der Waals surface area contributed by atoms with E-state index in [2.05, 4.69) is 18.7 Å². The third kappa shape index (κ3) is 5.65. The summed E-state index contributed by atoms with van der Waals surface area (Å²) in [6.07, 6.45) is -0.702. The van der Waals surface area contributed by atoms with Crippen molar-refractivity contribution in [2.75, 3.05) is 26.2 Å². The number of para-hydroxylation sites is 2. The van der Waals surface area contributed by atoms with E-state index in [1.54, 1.807) is 0 Å². The van der Waals surface area contributed by atoms with Crippen LogP contribution in [-0.2, 0) is 13.1 Å². The molecule has 0 aliphatic carbocycles. The van der Waals surface area contributed by atoms with Crippen LogP contribution in [0.25, 0.3) is 11.0 Å². The van der Waals surface area contributed by atoms with E-state index in [1.165, 1.54) is 0 Å². The number of hydrogen-bond donors (Lipinski definition) is 2. The van der Waals surface area contributed by atoms with E-state index in [0.717, 1.165) is 48.5 Å². The largest absolute Gasteiger partial charge is 0.491 e. The smallest absolute Gasteiger partial charge is 0.203 e. The van der Waals surface area contributed by atoms with Gasteiger partial charge in [-0.2, -0.15) is 0 Å². The fourth-order valence-corrected chi connectivity index (χ4v) is 3.65. The van der Waals surface area contributed by atoms with E-state index in [0.29, 0.717) is 12.2 Å². The average molecular weight is 433 g/mol. The van der Waals surface area contributed by atoms with Crippen molar-refractivity contribution in [3.63, 3.8) is 0 Å². The van der Waals surface area contributed by atoms with Gasteiger partial charge < -0.3 is 23.9 Å². The number of ether oxygens (including phenoxy) is 1. The van der Waals surface area contributed by atoms with Crippen LogP contribution in [0.3, 0.4) is 0 Å². The fraction of sp³-hybridized carbons (Fsp3) is 0.435. The van der Waals surface area contributed by atoms with Crippen molar-refractivity contribution < 1.29 is 9.84 Å². The molecule has 0 saturated carbocycles. The molecule has 1 unspecified atom stereocenters. The van der Waals surface area contributed by atoms with Crippen LogP contribution in [-0.4, -0.2) is 51.5 Å². The first-order valence-electron chi connectivity index (χ1n) is 10.4. The van der Waals surface area contributed by atoms with Crippen molar-refractivity contribution in [2.45, 2.75) is 40.0 Å². The number of nitrogens with zero attached hydrogens (tertiary/aromatic N) is 3. The highest BCUT2D eigenvalue weighted by molar-refractivity contribution is 5.85. The molecule has 1 aromatic heterocycles. The summed E-state index contributed by atoms with van der Waals surface area (Å²) >= 11 is 0. The zero-order valence-corrected chi connectivity index (χ0v) is 18.9. The summed E-state index contributed by atoms with van der Waals surface area (Å²) < 4.78 is 9.66. The van der Waals surface area contributed by atoms with E-state index >= 15 is 0 Å². The van der Waals surface area contributed by atoms with Gasteiger partial charge in [0.1, 0.15) is 18.5 Å². The van der Waals surface area contributed by atoms with E-state index < -0.39 is 6.10 Å². The Kier molecular flexibility index (Phi) is 8.96. The normalized spacial score (nSPS) is 12.2. The summed E-state index contributed by atoms with van der Waals surface area (Å²) in [5.74, 6) is 0.752. The Morgan fingerprint density at radius 3 is 2.33 bits per heavy atom. The molecule has 30 heavy (non-hydrogen) atoms. The molecule has 3 rings (SSSR count). The van der Waals surface area contributed by atoms with Crippen molar-refractivity contribution in [3.8, 4) is 5.75 Å². The van der Waals surface area contributed by atoms with Crippen molar-refractivity contribution in [1.82, 2.24) is 14.0 Å². The van der Waals surface area contributed by atoms with Crippen molar-refractivity contribution in [3.05, 3.63) is 59.7 Å². The van der Waals surface area contributed by atoms with Crippen LogP contribution in [0.4, 0.5) is 0 Å². The lowest BCUT2D eigenvalue weighted by Gasteiger charge is -2.18. The number of aryl methyl sites for hydroxylation is 1. The highest BCUT2D eigenvalue weighted by atomic mass is 35.5. The van der Waals surface area contributed by atoms with Gasteiger partial charge in [0.05, 0.1) is 17.6 Å². The lowest BCUT2D eigenvalue weighted by molar-refractivity contribution is 0.0920. The molecule has 164 valence electrons. The van der Waals surface area contributed by atoms with Crippen LogP contribution >= 0.6 is 12.4 Å². The number of likely N-dealkylation sites (N-methyl/N-ethyl adjacent to an activating group) is 1. The molecule has 2 aromatic carbocycles. The summed E-state index contributed by atoms with van der Waals surface area (Å²) in [5, 5.41) is 19.3. The number of aliphatic hydroxyl groups excluding tert-OH is 1. The molecule has 3 aromatic rings. The maximum Gasteiger partial charge on any atom is 0.203 e. The van der Waals surface area contributed by atoms with Gasteiger partial charge in [-0.3, -0.25) is 5.41 Å². The molecule has 0 amide bonds. The van der Waals surface area contributed by atoms with Crippen LogP contribution in [0.5, 0.6) is 5.75 Å². The molecule has 6 nitrogen and oxygen atoms in total. The Labute approximate surface area is 184 Å². The SMILES string of the molecule is CCN(CC)CCn1c(=N)n(CC(O)COc2cccc(C)c2)c2ccccc21.Cl. The quantitative estimate of drug-likeness (QED) is 0.515. The molecule has 0 aliphatic heterocycles. The molecule has 1 atom stereocenters. The summed E-state index contributed by atoms with van der Waals surface area (Å²) in [7, 11) is 0. The van der Waals surface area contributed by atoms with Gasteiger partial charge >= 0.3 is 0 Å².